The van der Waals surface area contributed by atoms with Crippen LogP contribution in [0.25, 0.3) is 11.1 Å². The van der Waals surface area contributed by atoms with E-state index in [1.165, 1.54) is 27.8 Å². The first-order valence-corrected chi connectivity index (χ1v) is 7.09. The quantitative estimate of drug-likeness (QED) is 0.880. The highest BCUT2D eigenvalue weighted by Gasteiger charge is 2.19. The smallest absolute Gasteiger partial charge is 0.0412 e. The van der Waals surface area contributed by atoms with Crippen LogP contribution in [0.1, 0.15) is 16.7 Å². The zero-order valence-electron chi connectivity index (χ0n) is 11.4. The van der Waals surface area contributed by atoms with Gasteiger partial charge in [0.1, 0.15) is 0 Å². The van der Waals surface area contributed by atoms with Crippen molar-refractivity contribution < 1.29 is 0 Å². The third-order valence-electron chi connectivity index (χ3n) is 3.49. The number of halogens is 1. The number of hydrogen-bond donors (Lipinski definition) is 1. The first-order chi connectivity index (χ1) is 9.79. The lowest BCUT2D eigenvalue weighted by molar-refractivity contribution is 0.921. The first kappa shape index (κ1) is 13.2. The average molecular weight is 282 g/mol. The molecule has 1 nitrogen and oxygen atoms in total. The van der Waals surface area contributed by atoms with E-state index in [1.54, 1.807) is 0 Å². The lowest BCUT2D eigenvalue weighted by atomic mass is 9.99. The fraction of sp³-hybridized carbons (Fsp3) is 0.111. The SMILES string of the molecule is CNCC=C1C=C(c2ccccc2)c2ccc(Cl)cc21. The van der Waals surface area contributed by atoms with Gasteiger partial charge in [0, 0.05) is 11.6 Å². The Kier molecular flexibility index (Phi) is 3.72. The van der Waals surface area contributed by atoms with Crippen molar-refractivity contribution in [1.29, 1.82) is 0 Å². The number of rotatable bonds is 3. The van der Waals surface area contributed by atoms with Gasteiger partial charge >= 0.3 is 0 Å². The van der Waals surface area contributed by atoms with Crippen LogP contribution in [0.15, 0.2) is 60.7 Å². The summed E-state index contributed by atoms with van der Waals surface area (Å²) in [5.74, 6) is 0. The highest BCUT2D eigenvalue weighted by molar-refractivity contribution is 6.31. The second-order valence-corrected chi connectivity index (χ2v) is 5.27. The minimum Gasteiger partial charge on any atom is -0.316 e. The highest BCUT2D eigenvalue weighted by Crippen LogP contribution is 2.39. The van der Waals surface area contributed by atoms with E-state index in [0.29, 0.717) is 0 Å². The van der Waals surface area contributed by atoms with Crippen LogP contribution >= 0.6 is 11.6 Å². The Bertz CT molecular complexity index is 684. The normalized spacial score (nSPS) is 15.3. The number of fused-ring (bicyclic) bond motifs is 1. The highest BCUT2D eigenvalue weighted by atomic mass is 35.5. The molecule has 1 N–H and O–H groups in total. The number of benzene rings is 2. The van der Waals surface area contributed by atoms with Crippen molar-refractivity contribution in [2.45, 2.75) is 0 Å². The summed E-state index contributed by atoms with van der Waals surface area (Å²) in [5, 5.41) is 3.94. The molecule has 0 bridgehead atoms. The lowest BCUT2D eigenvalue weighted by Crippen LogP contribution is -2.04. The van der Waals surface area contributed by atoms with E-state index in [1.807, 2.05) is 25.2 Å². The first-order valence-electron chi connectivity index (χ1n) is 6.72. The van der Waals surface area contributed by atoms with E-state index < -0.39 is 0 Å². The molecular weight excluding hydrogens is 266 g/mol. The maximum Gasteiger partial charge on any atom is 0.0412 e. The summed E-state index contributed by atoms with van der Waals surface area (Å²) in [6.07, 6.45) is 4.44. The maximum atomic E-state index is 6.15. The van der Waals surface area contributed by atoms with Gasteiger partial charge in [-0.25, -0.2) is 0 Å². The summed E-state index contributed by atoms with van der Waals surface area (Å²) in [5.41, 5.74) is 6.20. The molecule has 2 aromatic carbocycles. The van der Waals surface area contributed by atoms with Gasteiger partial charge in [-0.15, -0.1) is 0 Å². The van der Waals surface area contributed by atoms with Crippen molar-refractivity contribution in [3.8, 4) is 0 Å². The van der Waals surface area contributed by atoms with Crippen LogP contribution in [-0.4, -0.2) is 13.6 Å². The van der Waals surface area contributed by atoms with Crippen molar-refractivity contribution in [2.75, 3.05) is 13.6 Å². The van der Waals surface area contributed by atoms with Gasteiger partial charge in [0.05, 0.1) is 0 Å². The molecule has 0 fully saturated rings. The molecule has 0 heterocycles. The fourth-order valence-corrected chi connectivity index (χ4v) is 2.71. The Morgan fingerprint density at radius 1 is 1.05 bits per heavy atom. The molecule has 0 radical (unpaired) electrons. The molecule has 0 spiro atoms. The summed E-state index contributed by atoms with van der Waals surface area (Å²) in [6.45, 7) is 0.847. The van der Waals surface area contributed by atoms with Crippen LogP contribution in [0, 0.1) is 0 Å². The van der Waals surface area contributed by atoms with E-state index in [4.69, 9.17) is 11.6 Å². The van der Waals surface area contributed by atoms with Crippen LogP contribution in [-0.2, 0) is 0 Å². The van der Waals surface area contributed by atoms with Crippen molar-refractivity contribution in [1.82, 2.24) is 5.32 Å². The molecular formula is C18H16ClN. The molecule has 0 amide bonds. The van der Waals surface area contributed by atoms with Gasteiger partial charge in [0.2, 0.25) is 0 Å². The average Bonchev–Trinajstić information content (AvgIpc) is 2.84. The van der Waals surface area contributed by atoms with Gasteiger partial charge in [-0.2, -0.15) is 0 Å². The topological polar surface area (TPSA) is 12.0 Å². The summed E-state index contributed by atoms with van der Waals surface area (Å²) < 4.78 is 0. The molecule has 0 saturated carbocycles. The lowest BCUT2D eigenvalue weighted by Gasteiger charge is -2.06. The van der Waals surface area contributed by atoms with E-state index in [2.05, 4.69) is 47.8 Å². The van der Waals surface area contributed by atoms with Crippen LogP contribution in [0.3, 0.4) is 0 Å². The van der Waals surface area contributed by atoms with Gasteiger partial charge in [-0.05, 0) is 53.1 Å². The Hall–Kier alpha value is -1.83. The molecule has 3 rings (SSSR count). The number of likely N-dealkylation sites (N-methyl/N-ethyl adjacent to an activating group) is 1. The standard InChI is InChI=1S/C18H16ClN/c1-20-10-9-14-11-17(13-5-3-2-4-6-13)16-8-7-15(19)12-18(14)16/h2-9,11-12,20H,10H2,1H3. The predicted molar refractivity (Wildman–Crippen MR) is 86.9 cm³/mol. The zero-order valence-corrected chi connectivity index (χ0v) is 12.1. The number of hydrogen-bond acceptors (Lipinski definition) is 1. The summed E-state index contributed by atoms with van der Waals surface area (Å²) in [6, 6.07) is 16.6. The molecule has 0 aromatic heterocycles. The van der Waals surface area contributed by atoms with Crippen LogP contribution in [0.2, 0.25) is 5.02 Å². The molecule has 1 aliphatic carbocycles. The second kappa shape index (κ2) is 5.66. The second-order valence-electron chi connectivity index (χ2n) is 4.83. The summed E-state index contributed by atoms with van der Waals surface area (Å²) in [4.78, 5) is 0. The van der Waals surface area contributed by atoms with E-state index in [9.17, 15) is 0 Å². The van der Waals surface area contributed by atoms with Gasteiger partial charge in [-0.1, -0.05) is 54.1 Å². The third-order valence-corrected chi connectivity index (χ3v) is 3.73. The molecule has 2 aromatic rings. The van der Waals surface area contributed by atoms with Gasteiger partial charge in [-0.3, -0.25) is 0 Å². The summed E-state index contributed by atoms with van der Waals surface area (Å²) >= 11 is 6.15. The van der Waals surface area contributed by atoms with Crippen molar-refractivity contribution in [3.05, 3.63) is 82.4 Å². The van der Waals surface area contributed by atoms with E-state index in [-0.39, 0.29) is 0 Å². The molecule has 1 aliphatic rings. The molecule has 100 valence electrons. The molecule has 0 aliphatic heterocycles. The van der Waals surface area contributed by atoms with Gasteiger partial charge in [0.25, 0.3) is 0 Å². The Balaban J connectivity index is 2.13. The summed E-state index contributed by atoms with van der Waals surface area (Å²) in [7, 11) is 1.95. The van der Waals surface area contributed by atoms with E-state index in [0.717, 1.165) is 11.6 Å². The number of nitrogens with one attached hydrogen (secondary N) is 1. The van der Waals surface area contributed by atoms with Crippen molar-refractivity contribution >= 4 is 22.7 Å². The van der Waals surface area contributed by atoms with Crippen LogP contribution in [0.4, 0.5) is 0 Å². The van der Waals surface area contributed by atoms with Crippen LogP contribution in [0.5, 0.6) is 0 Å². The molecule has 20 heavy (non-hydrogen) atoms. The molecule has 2 heteroatoms. The molecule has 0 saturated heterocycles. The Morgan fingerprint density at radius 3 is 2.60 bits per heavy atom. The Labute approximate surface area is 124 Å². The van der Waals surface area contributed by atoms with Gasteiger partial charge in [0.15, 0.2) is 0 Å². The van der Waals surface area contributed by atoms with Gasteiger partial charge < -0.3 is 5.32 Å². The minimum atomic E-state index is 0.779. The molecule has 0 atom stereocenters. The van der Waals surface area contributed by atoms with Crippen molar-refractivity contribution in [2.24, 2.45) is 0 Å². The van der Waals surface area contributed by atoms with E-state index >= 15 is 0 Å². The monoisotopic (exact) mass is 281 g/mol. The number of allylic oxidation sites excluding steroid dienone is 2. The maximum absolute atomic E-state index is 6.15. The molecule has 0 unspecified atom stereocenters. The third kappa shape index (κ3) is 2.43. The van der Waals surface area contributed by atoms with Crippen LogP contribution < -0.4 is 5.32 Å². The predicted octanol–water partition coefficient (Wildman–Crippen LogP) is 4.39. The minimum absolute atomic E-state index is 0.779. The van der Waals surface area contributed by atoms with Crippen molar-refractivity contribution in [3.63, 3.8) is 0 Å². The Morgan fingerprint density at radius 2 is 1.85 bits per heavy atom. The zero-order chi connectivity index (χ0) is 13.9. The largest absolute Gasteiger partial charge is 0.316 e. The fourth-order valence-electron chi connectivity index (χ4n) is 2.54.